The van der Waals surface area contributed by atoms with Crippen LogP contribution in [0.2, 0.25) is 0 Å². The molecule has 2 aromatic rings. The minimum Gasteiger partial charge on any atom is -0.318 e. The third-order valence-electron chi connectivity index (χ3n) is 3.57. The van der Waals surface area contributed by atoms with Crippen molar-refractivity contribution in [1.82, 2.24) is 9.99 Å². The molecule has 0 aliphatic heterocycles. The molecule has 1 N–H and O–H groups in total. The number of carbonyl (C=O) groups excluding carboxylic acids is 1. The van der Waals surface area contributed by atoms with Crippen molar-refractivity contribution in [2.45, 2.75) is 34.1 Å². The van der Waals surface area contributed by atoms with Crippen LogP contribution in [0.15, 0.2) is 29.4 Å². The fraction of sp³-hybridized carbons (Fsp3) is 0.278. The SMILES string of the molecule is Cc1cc(C)cc(-n2c(C)cc(/C=N\NC(=O)CC#N)c2C)c1. The van der Waals surface area contributed by atoms with Crippen LogP contribution in [0.5, 0.6) is 0 Å². The molecule has 1 heterocycles. The smallest absolute Gasteiger partial charge is 0.254 e. The molecule has 0 aliphatic rings. The molecule has 0 atom stereocenters. The highest BCUT2D eigenvalue weighted by atomic mass is 16.2. The standard InChI is InChI=1S/C18H20N4O/c1-12-7-13(2)9-17(8-12)22-14(3)10-16(15(22)4)11-20-21-18(23)5-6-19/h7-11H,5H2,1-4H3,(H,21,23)/b20-11-. The van der Waals surface area contributed by atoms with Crippen LogP contribution in [0.4, 0.5) is 0 Å². The maximum atomic E-state index is 11.2. The van der Waals surface area contributed by atoms with Crippen LogP contribution in [0.25, 0.3) is 5.69 Å². The number of aromatic nitrogens is 1. The van der Waals surface area contributed by atoms with E-state index in [1.807, 2.05) is 19.9 Å². The van der Waals surface area contributed by atoms with Gasteiger partial charge in [0.1, 0.15) is 6.42 Å². The summed E-state index contributed by atoms with van der Waals surface area (Å²) in [6.07, 6.45) is 1.41. The summed E-state index contributed by atoms with van der Waals surface area (Å²) in [7, 11) is 0. The summed E-state index contributed by atoms with van der Waals surface area (Å²) in [5.74, 6) is -0.410. The van der Waals surface area contributed by atoms with E-state index in [1.165, 1.54) is 11.1 Å². The van der Waals surface area contributed by atoms with Crippen LogP contribution in [0.1, 0.15) is 34.5 Å². The lowest BCUT2D eigenvalue weighted by atomic mass is 10.1. The van der Waals surface area contributed by atoms with E-state index in [1.54, 1.807) is 12.3 Å². The second-order valence-electron chi connectivity index (χ2n) is 5.64. The van der Waals surface area contributed by atoms with Gasteiger partial charge in [-0.2, -0.15) is 10.4 Å². The maximum Gasteiger partial charge on any atom is 0.254 e. The molecule has 1 amide bonds. The summed E-state index contributed by atoms with van der Waals surface area (Å²) in [5, 5.41) is 12.4. The predicted molar refractivity (Wildman–Crippen MR) is 90.7 cm³/mol. The number of nitrogens with one attached hydrogen (secondary N) is 1. The molecule has 0 aliphatic carbocycles. The molecule has 5 heteroatoms. The molecule has 118 valence electrons. The van der Waals surface area contributed by atoms with Gasteiger partial charge in [0.05, 0.1) is 12.3 Å². The van der Waals surface area contributed by atoms with Crippen LogP contribution in [0.3, 0.4) is 0 Å². The lowest BCUT2D eigenvalue weighted by molar-refractivity contribution is -0.120. The topological polar surface area (TPSA) is 70.2 Å². The number of nitrogens with zero attached hydrogens (tertiary/aromatic N) is 3. The minimum atomic E-state index is -0.410. The Morgan fingerprint density at radius 3 is 2.48 bits per heavy atom. The van der Waals surface area contributed by atoms with Gasteiger partial charge in [-0.1, -0.05) is 6.07 Å². The second kappa shape index (κ2) is 6.93. The van der Waals surface area contributed by atoms with Gasteiger partial charge in [0, 0.05) is 22.6 Å². The molecular weight excluding hydrogens is 288 g/mol. The average molecular weight is 308 g/mol. The lowest BCUT2D eigenvalue weighted by Crippen LogP contribution is -2.16. The van der Waals surface area contributed by atoms with Crippen LogP contribution >= 0.6 is 0 Å². The molecule has 1 aromatic heterocycles. The number of amides is 1. The van der Waals surface area contributed by atoms with Crippen LogP contribution < -0.4 is 5.43 Å². The van der Waals surface area contributed by atoms with Gasteiger partial charge < -0.3 is 4.57 Å². The van der Waals surface area contributed by atoms with Crippen LogP contribution in [-0.4, -0.2) is 16.7 Å². The van der Waals surface area contributed by atoms with Gasteiger partial charge in [-0.05, 0) is 57.0 Å². The van der Waals surface area contributed by atoms with Gasteiger partial charge in [0.2, 0.25) is 0 Å². The third-order valence-corrected chi connectivity index (χ3v) is 3.57. The average Bonchev–Trinajstić information content (AvgIpc) is 2.72. The zero-order valence-electron chi connectivity index (χ0n) is 13.8. The number of aryl methyl sites for hydroxylation is 3. The van der Waals surface area contributed by atoms with Crippen LogP contribution in [-0.2, 0) is 4.79 Å². The Bertz CT molecular complexity index is 789. The van der Waals surface area contributed by atoms with Gasteiger partial charge in [-0.25, -0.2) is 5.43 Å². The maximum absolute atomic E-state index is 11.2. The Kier molecular flexibility index (Phi) is 4.97. The van der Waals surface area contributed by atoms with Gasteiger partial charge >= 0.3 is 0 Å². The number of benzene rings is 1. The summed E-state index contributed by atoms with van der Waals surface area (Å²) in [6, 6.07) is 10.2. The summed E-state index contributed by atoms with van der Waals surface area (Å²) >= 11 is 0. The van der Waals surface area contributed by atoms with E-state index in [2.05, 4.69) is 47.1 Å². The Labute approximate surface area is 136 Å². The normalized spacial score (nSPS) is 10.7. The van der Waals surface area contributed by atoms with Crippen molar-refractivity contribution < 1.29 is 4.79 Å². The Morgan fingerprint density at radius 2 is 1.87 bits per heavy atom. The van der Waals surface area contributed by atoms with E-state index >= 15 is 0 Å². The monoisotopic (exact) mass is 308 g/mol. The Morgan fingerprint density at radius 1 is 1.22 bits per heavy atom. The van der Waals surface area contributed by atoms with Crippen molar-refractivity contribution in [3.8, 4) is 11.8 Å². The first-order valence-electron chi connectivity index (χ1n) is 7.39. The molecule has 0 bridgehead atoms. The highest BCUT2D eigenvalue weighted by molar-refractivity contribution is 5.84. The van der Waals surface area contributed by atoms with E-state index < -0.39 is 5.91 Å². The highest BCUT2D eigenvalue weighted by Gasteiger charge is 2.10. The molecular formula is C18H20N4O. The first-order chi connectivity index (χ1) is 10.9. The highest BCUT2D eigenvalue weighted by Crippen LogP contribution is 2.21. The second-order valence-corrected chi connectivity index (χ2v) is 5.64. The van der Waals surface area contributed by atoms with Gasteiger partial charge in [-0.3, -0.25) is 4.79 Å². The minimum absolute atomic E-state index is 0.196. The number of hydrazone groups is 1. The number of carbonyl (C=O) groups is 1. The van der Waals surface area contributed by atoms with Crippen molar-refractivity contribution in [2.24, 2.45) is 5.10 Å². The van der Waals surface area contributed by atoms with Crippen molar-refractivity contribution >= 4 is 12.1 Å². The zero-order valence-corrected chi connectivity index (χ0v) is 13.8. The number of hydrogen-bond acceptors (Lipinski definition) is 3. The molecule has 0 unspecified atom stereocenters. The molecule has 0 fully saturated rings. The molecule has 0 spiro atoms. The van der Waals surface area contributed by atoms with Crippen molar-refractivity contribution in [3.63, 3.8) is 0 Å². The van der Waals surface area contributed by atoms with E-state index in [0.29, 0.717) is 0 Å². The first kappa shape index (κ1) is 16.5. The summed E-state index contributed by atoms with van der Waals surface area (Å²) in [6.45, 7) is 8.22. The van der Waals surface area contributed by atoms with Gasteiger partial charge in [0.25, 0.3) is 5.91 Å². The lowest BCUT2D eigenvalue weighted by Gasteiger charge is -2.11. The third kappa shape index (κ3) is 3.86. The van der Waals surface area contributed by atoms with Gasteiger partial charge in [-0.15, -0.1) is 0 Å². The Balaban J connectivity index is 2.31. The summed E-state index contributed by atoms with van der Waals surface area (Å²) in [4.78, 5) is 11.2. The molecule has 5 nitrogen and oxygen atoms in total. The molecule has 0 radical (unpaired) electrons. The summed E-state index contributed by atoms with van der Waals surface area (Å²) in [5.41, 5.74) is 8.96. The largest absolute Gasteiger partial charge is 0.318 e. The molecule has 2 rings (SSSR count). The van der Waals surface area contributed by atoms with E-state index in [0.717, 1.165) is 22.6 Å². The predicted octanol–water partition coefficient (Wildman–Crippen LogP) is 3.07. The summed E-state index contributed by atoms with van der Waals surface area (Å²) < 4.78 is 2.17. The van der Waals surface area contributed by atoms with E-state index in [-0.39, 0.29) is 6.42 Å². The van der Waals surface area contributed by atoms with Gasteiger partial charge in [0.15, 0.2) is 0 Å². The van der Waals surface area contributed by atoms with E-state index in [4.69, 9.17) is 5.26 Å². The molecule has 0 saturated carbocycles. The number of rotatable bonds is 4. The quantitative estimate of drug-likeness (QED) is 0.696. The fourth-order valence-corrected chi connectivity index (χ4v) is 2.68. The van der Waals surface area contributed by atoms with Crippen molar-refractivity contribution in [1.29, 1.82) is 5.26 Å². The Hall–Kier alpha value is -2.87. The number of nitriles is 1. The van der Waals surface area contributed by atoms with Crippen LogP contribution in [0, 0.1) is 39.0 Å². The first-order valence-corrected chi connectivity index (χ1v) is 7.39. The fourth-order valence-electron chi connectivity index (χ4n) is 2.68. The van der Waals surface area contributed by atoms with E-state index in [9.17, 15) is 4.79 Å². The number of hydrogen-bond donors (Lipinski definition) is 1. The van der Waals surface area contributed by atoms with Crippen molar-refractivity contribution in [3.05, 3.63) is 52.3 Å². The molecule has 23 heavy (non-hydrogen) atoms. The molecule has 0 saturated heterocycles. The molecule has 1 aromatic carbocycles. The zero-order chi connectivity index (χ0) is 17.0. The van der Waals surface area contributed by atoms with Crippen molar-refractivity contribution in [2.75, 3.05) is 0 Å².